The van der Waals surface area contributed by atoms with E-state index in [9.17, 15) is 0 Å². The Morgan fingerprint density at radius 3 is 3.06 bits per heavy atom. The van der Waals surface area contributed by atoms with E-state index in [-0.39, 0.29) is 5.28 Å². The normalized spacial score (nSPS) is 10.3. The van der Waals surface area contributed by atoms with Crippen LogP contribution in [0, 0.1) is 0 Å². The van der Waals surface area contributed by atoms with E-state index in [0.717, 1.165) is 12.2 Å². The van der Waals surface area contributed by atoms with Gasteiger partial charge in [0.1, 0.15) is 5.82 Å². The summed E-state index contributed by atoms with van der Waals surface area (Å²) in [6, 6.07) is 0. The van der Waals surface area contributed by atoms with E-state index in [4.69, 9.17) is 17.3 Å². The molecule has 0 aliphatic carbocycles. The number of nitrogens with zero attached hydrogens (tertiary/aromatic N) is 3. The maximum atomic E-state index is 5.68. The minimum absolute atomic E-state index is 0.176. The number of halogens is 1. The van der Waals surface area contributed by atoms with E-state index in [1.807, 2.05) is 0 Å². The highest BCUT2D eigenvalue weighted by molar-refractivity contribution is 6.28. The molecule has 6 nitrogen and oxygen atoms in total. The number of hydrogen-bond donors (Lipinski definition) is 3. The summed E-state index contributed by atoms with van der Waals surface area (Å²) in [5.74, 6) is 1.46. The number of anilines is 2. The molecule has 16 heavy (non-hydrogen) atoms. The van der Waals surface area contributed by atoms with Crippen molar-refractivity contribution in [2.75, 3.05) is 17.6 Å². The lowest BCUT2D eigenvalue weighted by Gasteiger charge is -2.06. The van der Waals surface area contributed by atoms with Crippen LogP contribution in [0.2, 0.25) is 5.28 Å². The fourth-order valence-electron chi connectivity index (χ4n) is 1.25. The van der Waals surface area contributed by atoms with Gasteiger partial charge in [0.15, 0.2) is 5.82 Å². The highest BCUT2D eigenvalue weighted by atomic mass is 35.5. The number of rotatable bonds is 4. The molecule has 0 fully saturated rings. The third-order valence-corrected chi connectivity index (χ3v) is 2.18. The average molecular weight is 239 g/mol. The van der Waals surface area contributed by atoms with Gasteiger partial charge in [-0.15, -0.1) is 0 Å². The van der Waals surface area contributed by atoms with Crippen LogP contribution >= 0.6 is 11.6 Å². The predicted octanol–water partition coefficient (Wildman–Crippen LogP) is 1.09. The van der Waals surface area contributed by atoms with Gasteiger partial charge in [0.05, 0.1) is 11.9 Å². The number of aromatic amines is 1. The molecule has 0 saturated heterocycles. The fraction of sp³-hybridized carbons (Fsp3) is 0.222. The van der Waals surface area contributed by atoms with E-state index in [1.54, 1.807) is 12.4 Å². The zero-order chi connectivity index (χ0) is 11.4. The molecule has 0 atom stereocenters. The first-order valence-corrected chi connectivity index (χ1v) is 5.13. The van der Waals surface area contributed by atoms with Crippen molar-refractivity contribution in [3.05, 3.63) is 29.7 Å². The van der Waals surface area contributed by atoms with Gasteiger partial charge < -0.3 is 16.0 Å². The van der Waals surface area contributed by atoms with E-state index < -0.39 is 0 Å². The van der Waals surface area contributed by atoms with Crippen molar-refractivity contribution in [2.45, 2.75) is 6.42 Å². The zero-order valence-electron chi connectivity index (χ0n) is 8.44. The van der Waals surface area contributed by atoms with Gasteiger partial charge in [-0.05, 0) is 11.6 Å². The van der Waals surface area contributed by atoms with Gasteiger partial charge in [0.2, 0.25) is 5.28 Å². The molecule has 4 N–H and O–H groups in total. The molecule has 0 aliphatic rings. The number of nitrogens with one attached hydrogen (secondary N) is 2. The SMILES string of the molecule is Nc1cnc(Cl)nc1NCCc1ncc[nH]1. The summed E-state index contributed by atoms with van der Waals surface area (Å²) in [7, 11) is 0. The average Bonchev–Trinajstić information content (AvgIpc) is 2.76. The van der Waals surface area contributed by atoms with E-state index in [1.165, 1.54) is 6.20 Å². The van der Waals surface area contributed by atoms with Crippen LogP contribution in [0.15, 0.2) is 18.6 Å². The summed E-state index contributed by atoms with van der Waals surface area (Å²) in [5, 5.41) is 3.25. The summed E-state index contributed by atoms with van der Waals surface area (Å²) in [6.45, 7) is 0.672. The van der Waals surface area contributed by atoms with Gasteiger partial charge >= 0.3 is 0 Å². The first-order valence-electron chi connectivity index (χ1n) is 4.76. The number of nitrogen functional groups attached to an aromatic ring is 1. The second kappa shape index (κ2) is 4.80. The molecule has 0 spiro atoms. The molecule has 2 rings (SSSR count). The highest BCUT2D eigenvalue weighted by Crippen LogP contribution is 2.15. The molecule has 0 aromatic carbocycles. The molecule has 0 aliphatic heterocycles. The molecule has 7 heteroatoms. The van der Waals surface area contributed by atoms with Crippen molar-refractivity contribution in [3.63, 3.8) is 0 Å². The summed E-state index contributed by atoms with van der Waals surface area (Å²) >= 11 is 5.66. The summed E-state index contributed by atoms with van der Waals surface area (Å²) in [6.07, 6.45) is 5.73. The molecular formula is C9H11ClN6. The second-order valence-electron chi connectivity index (χ2n) is 3.16. The van der Waals surface area contributed by atoms with Gasteiger partial charge in [0, 0.05) is 25.4 Å². The van der Waals surface area contributed by atoms with Crippen LogP contribution in [0.25, 0.3) is 0 Å². The summed E-state index contributed by atoms with van der Waals surface area (Å²) in [4.78, 5) is 14.9. The molecule has 0 bridgehead atoms. The Morgan fingerprint density at radius 2 is 2.31 bits per heavy atom. The lowest BCUT2D eigenvalue weighted by Crippen LogP contribution is -2.09. The Kier molecular flexibility index (Phi) is 3.21. The Balaban J connectivity index is 1.92. The van der Waals surface area contributed by atoms with Crippen molar-refractivity contribution in [3.8, 4) is 0 Å². The van der Waals surface area contributed by atoms with Crippen LogP contribution in [-0.2, 0) is 6.42 Å². The van der Waals surface area contributed by atoms with E-state index >= 15 is 0 Å². The minimum atomic E-state index is 0.176. The Hall–Kier alpha value is -1.82. The Morgan fingerprint density at radius 1 is 1.44 bits per heavy atom. The molecule has 84 valence electrons. The standard InChI is InChI=1S/C9H11ClN6/c10-9-15-5-6(11)8(16-9)14-2-1-7-12-3-4-13-7/h3-5H,1-2,11H2,(H,12,13)(H,14,15,16). The van der Waals surface area contributed by atoms with Crippen molar-refractivity contribution in [2.24, 2.45) is 0 Å². The van der Waals surface area contributed by atoms with Crippen LogP contribution in [0.1, 0.15) is 5.82 Å². The van der Waals surface area contributed by atoms with Crippen LogP contribution < -0.4 is 11.1 Å². The van der Waals surface area contributed by atoms with Crippen LogP contribution in [0.3, 0.4) is 0 Å². The van der Waals surface area contributed by atoms with Gasteiger partial charge in [0.25, 0.3) is 0 Å². The summed E-state index contributed by atoms with van der Waals surface area (Å²) in [5.41, 5.74) is 6.16. The van der Waals surface area contributed by atoms with Crippen molar-refractivity contribution in [1.82, 2.24) is 19.9 Å². The van der Waals surface area contributed by atoms with Crippen LogP contribution in [0.4, 0.5) is 11.5 Å². The monoisotopic (exact) mass is 238 g/mol. The molecule has 2 aromatic rings. The molecule has 2 aromatic heterocycles. The first-order chi connectivity index (χ1) is 7.75. The van der Waals surface area contributed by atoms with E-state index in [0.29, 0.717) is 18.1 Å². The maximum Gasteiger partial charge on any atom is 0.224 e. The topological polar surface area (TPSA) is 92.5 Å². The lowest BCUT2D eigenvalue weighted by atomic mass is 10.4. The van der Waals surface area contributed by atoms with Gasteiger partial charge in [-0.1, -0.05) is 0 Å². The lowest BCUT2D eigenvalue weighted by molar-refractivity contribution is 0.920. The third-order valence-electron chi connectivity index (χ3n) is 2.00. The zero-order valence-corrected chi connectivity index (χ0v) is 9.20. The quantitative estimate of drug-likeness (QED) is 0.694. The fourth-order valence-corrected chi connectivity index (χ4v) is 1.38. The highest BCUT2D eigenvalue weighted by Gasteiger charge is 2.02. The number of nitrogens with two attached hydrogens (primary N) is 1. The summed E-state index contributed by atoms with van der Waals surface area (Å²) < 4.78 is 0. The molecule has 0 amide bonds. The smallest absolute Gasteiger partial charge is 0.224 e. The Bertz CT molecular complexity index is 455. The van der Waals surface area contributed by atoms with Gasteiger partial charge in [-0.25, -0.2) is 9.97 Å². The van der Waals surface area contributed by atoms with Gasteiger partial charge in [-0.3, -0.25) is 0 Å². The van der Waals surface area contributed by atoms with E-state index in [2.05, 4.69) is 25.3 Å². The third kappa shape index (κ3) is 2.60. The molecule has 0 unspecified atom stereocenters. The predicted molar refractivity (Wildman–Crippen MR) is 62.2 cm³/mol. The number of hydrogen-bond acceptors (Lipinski definition) is 5. The van der Waals surface area contributed by atoms with Crippen molar-refractivity contribution >= 4 is 23.1 Å². The molecule has 0 radical (unpaired) electrons. The van der Waals surface area contributed by atoms with Crippen LogP contribution in [-0.4, -0.2) is 26.5 Å². The molecular weight excluding hydrogens is 228 g/mol. The largest absolute Gasteiger partial charge is 0.394 e. The Labute approximate surface area is 97.3 Å². The van der Waals surface area contributed by atoms with Gasteiger partial charge in [-0.2, -0.15) is 4.98 Å². The number of imidazole rings is 1. The maximum absolute atomic E-state index is 5.68. The van der Waals surface area contributed by atoms with Crippen molar-refractivity contribution < 1.29 is 0 Å². The number of aromatic nitrogens is 4. The molecule has 0 saturated carbocycles. The minimum Gasteiger partial charge on any atom is -0.394 e. The second-order valence-corrected chi connectivity index (χ2v) is 3.49. The van der Waals surface area contributed by atoms with Crippen molar-refractivity contribution in [1.29, 1.82) is 0 Å². The first kappa shape index (κ1) is 10.7. The number of H-pyrrole nitrogens is 1. The van der Waals surface area contributed by atoms with Crippen LogP contribution in [0.5, 0.6) is 0 Å². The molecule has 2 heterocycles.